The zero-order valence-electron chi connectivity index (χ0n) is 11.1. The Bertz CT molecular complexity index is 400. The first-order valence-corrected chi connectivity index (χ1v) is 7.33. The lowest BCUT2D eigenvalue weighted by Crippen LogP contribution is -2.41. The molecule has 1 atom stereocenters. The SMILES string of the molecule is COC1CCN(C(CN)c2c(Cl)cccc2Cl)CC1. The number of nitrogens with zero attached hydrogens (tertiary/aromatic N) is 1. The highest BCUT2D eigenvalue weighted by molar-refractivity contribution is 6.36. The zero-order valence-corrected chi connectivity index (χ0v) is 12.6. The fourth-order valence-electron chi connectivity index (χ4n) is 2.70. The minimum Gasteiger partial charge on any atom is -0.381 e. The van der Waals surface area contributed by atoms with Crippen LogP contribution < -0.4 is 5.73 Å². The number of methoxy groups -OCH3 is 1. The molecule has 1 aromatic rings. The Morgan fingerprint density at radius 1 is 1.32 bits per heavy atom. The summed E-state index contributed by atoms with van der Waals surface area (Å²) in [5, 5.41) is 1.38. The van der Waals surface area contributed by atoms with Crippen molar-refractivity contribution < 1.29 is 4.74 Å². The summed E-state index contributed by atoms with van der Waals surface area (Å²) in [6.07, 6.45) is 2.40. The maximum atomic E-state index is 6.29. The van der Waals surface area contributed by atoms with Crippen LogP contribution in [0.4, 0.5) is 0 Å². The Labute approximate surface area is 124 Å². The Hall–Kier alpha value is -0.320. The van der Waals surface area contributed by atoms with Gasteiger partial charge in [0.15, 0.2) is 0 Å². The summed E-state index contributed by atoms with van der Waals surface area (Å²) in [5.41, 5.74) is 6.90. The smallest absolute Gasteiger partial charge is 0.0595 e. The van der Waals surface area contributed by atoms with Gasteiger partial charge in [0.05, 0.1) is 6.10 Å². The Morgan fingerprint density at radius 2 is 1.89 bits per heavy atom. The highest BCUT2D eigenvalue weighted by Gasteiger charge is 2.27. The van der Waals surface area contributed by atoms with E-state index in [1.54, 1.807) is 7.11 Å². The van der Waals surface area contributed by atoms with Gasteiger partial charge in [0.25, 0.3) is 0 Å². The maximum absolute atomic E-state index is 6.29. The molecule has 0 bridgehead atoms. The predicted molar refractivity (Wildman–Crippen MR) is 79.9 cm³/mol. The Balaban J connectivity index is 2.17. The van der Waals surface area contributed by atoms with Gasteiger partial charge in [-0.15, -0.1) is 0 Å². The number of piperidine rings is 1. The van der Waals surface area contributed by atoms with Gasteiger partial charge in [-0.25, -0.2) is 0 Å². The summed E-state index contributed by atoms with van der Waals surface area (Å²) < 4.78 is 5.40. The van der Waals surface area contributed by atoms with E-state index in [0.29, 0.717) is 22.7 Å². The topological polar surface area (TPSA) is 38.5 Å². The lowest BCUT2D eigenvalue weighted by atomic mass is 10.0. The van der Waals surface area contributed by atoms with Crippen molar-refractivity contribution in [1.82, 2.24) is 4.90 Å². The van der Waals surface area contributed by atoms with Crippen LogP contribution in [-0.4, -0.2) is 37.7 Å². The first-order valence-electron chi connectivity index (χ1n) is 6.58. The summed E-state index contributed by atoms with van der Waals surface area (Å²) in [6.45, 7) is 2.44. The molecule has 0 aliphatic carbocycles. The van der Waals surface area contributed by atoms with Gasteiger partial charge in [-0.1, -0.05) is 29.3 Å². The minimum atomic E-state index is 0.0824. The highest BCUT2D eigenvalue weighted by Crippen LogP contribution is 2.34. The van der Waals surface area contributed by atoms with Crippen LogP contribution in [0.25, 0.3) is 0 Å². The van der Waals surface area contributed by atoms with Gasteiger partial charge >= 0.3 is 0 Å². The van der Waals surface area contributed by atoms with Gasteiger partial charge < -0.3 is 10.5 Å². The summed E-state index contributed by atoms with van der Waals surface area (Å²) in [6, 6.07) is 5.68. The van der Waals surface area contributed by atoms with E-state index in [0.717, 1.165) is 31.5 Å². The molecule has 0 amide bonds. The van der Waals surface area contributed by atoms with Crippen molar-refractivity contribution in [1.29, 1.82) is 0 Å². The first-order chi connectivity index (χ1) is 9.17. The maximum Gasteiger partial charge on any atom is 0.0595 e. The van der Waals surface area contributed by atoms with E-state index >= 15 is 0 Å². The molecule has 1 heterocycles. The first kappa shape index (κ1) is 15.1. The molecule has 1 saturated heterocycles. The highest BCUT2D eigenvalue weighted by atomic mass is 35.5. The van der Waals surface area contributed by atoms with Crippen molar-refractivity contribution in [2.45, 2.75) is 25.0 Å². The molecule has 1 unspecified atom stereocenters. The van der Waals surface area contributed by atoms with Gasteiger partial charge in [-0.05, 0) is 25.0 Å². The molecular formula is C14H20Cl2N2O. The van der Waals surface area contributed by atoms with Crippen LogP contribution in [0.2, 0.25) is 10.0 Å². The quantitative estimate of drug-likeness (QED) is 0.929. The molecule has 1 aliphatic heterocycles. The molecule has 0 saturated carbocycles. The number of nitrogens with two attached hydrogens (primary N) is 1. The van der Waals surface area contributed by atoms with Gasteiger partial charge in [-0.3, -0.25) is 4.90 Å². The van der Waals surface area contributed by atoms with Gasteiger partial charge in [0.1, 0.15) is 0 Å². The molecular weight excluding hydrogens is 283 g/mol. The van der Waals surface area contributed by atoms with Crippen molar-refractivity contribution in [2.24, 2.45) is 5.73 Å². The minimum absolute atomic E-state index is 0.0824. The zero-order chi connectivity index (χ0) is 13.8. The van der Waals surface area contributed by atoms with Crippen LogP contribution in [0, 0.1) is 0 Å². The number of halogens is 2. The second-order valence-corrected chi connectivity index (χ2v) is 5.67. The molecule has 1 fully saturated rings. The van der Waals surface area contributed by atoms with Crippen LogP contribution >= 0.6 is 23.2 Å². The number of rotatable bonds is 4. The molecule has 2 N–H and O–H groups in total. The summed E-state index contributed by atoms with van der Waals surface area (Å²) in [5.74, 6) is 0. The lowest BCUT2D eigenvalue weighted by Gasteiger charge is -2.37. The molecule has 106 valence electrons. The standard InChI is InChI=1S/C14H20Cl2N2O/c1-19-10-5-7-18(8-6-10)13(9-17)14-11(15)3-2-4-12(14)16/h2-4,10,13H,5-9,17H2,1H3. The normalized spacial score (nSPS) is 19.6. The number of likely N-dealkylation sites (tertiary alicyclic amines) is 1. The van der Waals surface area contributed by atoms with Crippen LogP contribution in [0.1, 0.15) is 24.4 Å². The number of benzene rings is 1. The molecule has 5 heteroatoms. The van der Waals surface area contributed by atoms with Gasteiger partial charge in [0.2, 0.25) is 0 Å². The molecule has 3 nitrogen and oxygen atoms in total. The number of hydrogen-bond acceptors (Lipinski definition) is 3. The molecule has 0 radical (unpaired) electrons. The van der Waals surface area contributed by atoms with Crippen molar-refractivity contribution in [2.75, 3.05) is 26.7 Å². The predicted octanol–water partition coefficient (Wildman–Crippen LogP) is 3.10. The van der Waals surface area contributed by atoms with E-state index in [1.807, 2.05) is 18.2 Å². The van der Waals surface area contributed by atoms with Crippen molar-refractivity contribution in [3.63, 3.8) is 0 Å². The van der Waals surface area contributed by atoms with Crippen LogP contribution in [0.5, 0.6) is 0 Å². The third kappa shape index (κ3) is 3.41. The lowest BCUT2D eigenvalue weighted by molar-refractivity contribution is 0.0281. The van der Waals surface area contributed by atoms with E-state index in [2.05, 4.69) is 4.90 Å². The average Bonchev–Trinajstić information content (AvgIpc) is 2.43. The molecule has 19 heavy (non-hydrogen) atoms. The van der Waals surface area contributed by atoms with Crippen LogP contribution in [-0.2, 0) is 4.74 Å². The van der Waals surface area contributed by atoms with Crippen LogP contribution in [0.15, 0.2) is 18.2 Å². The van der Waals surface area contributed by atoms with Gasteiger partial charge in [-0.2, -0.15) is 0 Å². The van der Waals surface area contributed by atoms with E-state index < -0.39 is 0 Å². The number of ether oxygens (including phenoxy) is 1. The van der Waals surface area contributed by atoms with Gasteiger partial charge in [0, 0.05) is 48.4 Å². The van der Waals surface area contributed by atoms with Crippen LogP contribution in [0.3, 0.4) is 0 Å². The summed E-state index contributed by atoms with van der Waals surface area (Å²) in [4.78, 5) is 2.35. The van der Waals surface area contributed by atoms with Crippen molar-refractivity contribution >= 4 is 23.2 Å². The largest absolute Gasteiger partial charge is 0.381 e. The third-order valence-corrected chi connectivity index (χ3v) is 4.47. The monoisotopic (exact) mass is 302 g/mol. The number of hydrogen-bond donors (Lipinski definition) is 1. The van der Waals surface area contributed by atoms with E-state index in [1.165, 1.54) is 0 Å². The summed E-state index contributed by atoms with van der Waals surface area (Å²) >= 11 is 12.6. The summed E-state index contributed by atoms with van der Waals surface area (Å²) in [7, 11) is 1.77. The molecule has 1 aliphatic rings. The molecule has 0 spiro atoms. The molecule has 0 aromatic heterocycles. The second-order valence-electron chi connectivity index (χ2n) is 4.86. The molecule has 1 aromatic carbocycles. The Morgan fingerprint density at radius 3 is 2.37 bits per heavy atom. The Kier molecular flexibility index (Phi) is 5.48. The van der Waals surface area contributed by atoms with E-state index in [4.69, 9.17) is 33.7 Å². The fourth-order valence-corrected chi connectivity index (χ4v) is 3.35. The average molecular weight is 303 g/mol. The van der Waals surface area contributed by atoms with E-state index in [-0.39, 0.29) is 6.04 Å². The van der Waals surface area contributed by atoms with E-state index in [9.17, 15) is 0 Å². The van der Waals surface area contributed by atoms with Crippen molar-refractivity contribution in [3.8, 4) is 0 Å². The second kappa shape index (κ2) is 6.91. The molecule has 2 rings (SSSR count). The third-order valence-electron chi connectivity index (χ3n) is 3.81. The van der Waals surface area contributed by atoms with Crippen molar-refractivity contribution in [3.05, 3.63) is 33.8 Å². The fraction of sp³-hybridized carbons (Fsp3) is 0.571.